The number of primary amides is 1. The largest absolute Gasteiger partial charge is 0.497 e. The summed E-state index contributed by atoms with van der Waals surface area (Å²) in [6.07, 6.45) is 0. The SMILES string of the molecule is COc1cc(N)cc(C(=O)N(CC(N)=O)C(C)C)c1. The molecule has 6 nitrogen and oxygen atoms in total. The van der Waals surface area contributed by atoms with Crippen molar-refractivity contribution in [3.8, 4) is 5.75 Å². The Bertz CT molecular complexity index is 486. The standard InChI is InChI=1S/C13H19N3O3/c1-8(2)16(7-12(15)17)13(18)9-4-10(14)6-11(5-9)19-3/h4-6,8H,7,14H2,1-3H3,(H2,15,17). The number of nitrogens with two attached hydrogens (primary N) is 2. The van der Waals surface area contributed by atoms with Gasteiger partial charge in [0.05, 0.1) is 13.7 Å². The predicted molar refractivity (Wildman–Crippen MR) is 72.8 cm³/mol. The van der Waals surface area contributed by atoms with E-state index in [1.165, 1.54) is 12.0 Å². The van der Waals surface area contributed by atoms with E-state index in [1.807, 2.05) is 13.8 Å². The van der Waals surface area contributed by atoms with Crippen molar-refractivity contribution in [2.45, 2.75) is 19.9 Å². The van der Waals surface area contributed by atoms with Crippen LogP contribution in [0.25, 0.3) is 0 Å². The maximum Gasteiger partial charge on any atom is 0.254 e. The van der Waals surface area contributed by atoms with E-state index in [4.69, 9.17) is 16.2 Å². The fourth-order valence-electron chi connectivity index (χ4n) is 1.69. The number of carbonyl (C=O) groups excluding carboxylic acids is 2. The predicted octanol–water partition coefficient (Wildman–Crippen LogP) is 0.613. The maximum atomic E-state index is 12.3. The third-order valence-electron chi connectivity index (χ3n) is 2.62. The van der Waals surface area contributed by atoms with Gasteiger partial charge in [0, 0.05) is 23.4 Å². The fourth-order valence-corrected chi connectivity index (χ4v) is 1.69. The molecule has 0 unspecified atom stereocenters. The zero-order chi connectivity index (χ0) is 14.6. The van der Waals surface area contributed by atoms with Gasteiger partial charge in [0.1, 0.15) is 5.75 Å². The third kappa shape index (κ3) is 3.87. The summed E-state index contributed by atoms with van der Waals surface area (Å²) in [7, 11) is 1.49. The van der Waals surface area contributed by atoms with E-state index in [0.717, 1.165) is 0 Å². The van der Waals surface area contributed by atoms with Gasteiger partial charge < -0.3 is 21.1 Å². The second kappa shape index (κ2) is 6.08. The molecule has 1 aromatic rings. The number of benzene rings is 1. The highest BCUT2D eigenvalue weighted by Crippen LogP contribution is 2.20. The Kier molecular flexibility index (Phi) is 4.74. The Labute approximate surface area is 112 Å². The van der Waals surface area contributed by atoms with Crippen molar-refractivity contribution in [3.63, 3.8) is 0 Å². The maximum absolute atomic E-state index is 12.3. The lowest BCUT2D eigenvalue weighted by atomic mass is 10.1. The molecule has 0 aliphatic carbocycles. The smallest absolute Gasteiger partial charge is 0.254 e. The normalized spacial score (nSPS) is 10.3. The van der Waals surface area contributed by atoms with Crippen molar-refractivity contribution in [1.29, 1.82) is 0 Å². The quantitative estimate of drug-likeness (QED) is 0.762. The highest BCUT2D eigenvalue weighted by molar-refractivity contribution is 5.97. The first kappa shape index (κ1) is 14.8. The molecular formula is C13H19N3O3. The molecule has 0 aliphatic heterocycles. The lowest BCUT2D eigenvalue weighted by Gasteiger charge is -2.25. The van der Waals surface area contributed by atoms with Crippen LogP contribution in [0.3, 0.4) is 0 Å². The van der Waals surface area contributed by atoms with E-state index in [-0.39, 0.29) is 18.5 Å². The van der Waals surface area contributed by atoms with E-state index < -0.39 is 5.91 Å². The highest BCUT2D eigenvalue weighted by atomic mass is 16.5. The molecule has 0 atom stereocenters. The Hall–Kier alpha value is -2.24. The summed E-state index contributed by atoms with van der Waals surface area (Å²) in [5.74, 6) is -0.372. The first-order valence-corrected chi connectivity index (χ1v) is 5.89. The minimum atomic E-state index is -0.557. The van der Waals surface area contributed by atoms with Gasteiger partial charge in [-0.15, -0.1) is 0 Å². The first-order chi connectivity index (χ1) is 8.85. The van der Waals surface area contributed by atoms with Gasteiger partial charge in [-0.2, -0.15) is 0 Å². The van der Waals surface area contributed by atoms with Gasteiger partial charge in [-0.25, -0.2) is 0 Å². The third-order valence-corrected chi connectivity index (χ3v) is 2.62. The number of nitrogen functional groups attached to an aromatic ring is 1. The molecule has 104 valence electrons. The van der Waals surface area contributed by atoms with Crippen molar-refractivity contribution in [1.82, 2.24) is 4.90 Å². The zero-order valence-electron chi connectivity index (χ0n) is 11.3. The van der Waals surface area contributed by atoms with Gasteiger partial charge in [-0.05, 0) is 26.0 Å². The van der Waals surface area contributed by atoms with Gasteiger partial charge >= 0.3 is 0 Å². The van der Waals surface area contributed by atoms with E-state index >= 15 is 0 Å². The molecule has 0 saturated heterocycles. The van der Waals surface area contributed by atoms with Crippen LogP contribution in [0, 0.1) is 0 Å². The number of anilines is 1. The molecule has 0 fully saturated rings. The molecule has 0 radical (unpaired) electrons. The molecule has 0 bridgehead atoms. The lowest BCUT2D eigenvalue weighted by molar-refractivity contribution is -0.119. The van der Waals surface area contributed by atoms with Crippen LogP contribution in [0.2, 0.25) is 0 Å². The number of methoxy groups -OCH3 is 1. The summed E-state index contributed by atoms with van der Waals surface area (Å²) in [6.45, 7) is 3.49. The van der Waals surface area contributed by atoms with Crippen LogP contribution < -0.4 is 16.2 Å². The Morgan fingerprint density at radius 2 is 1.95 bits per heavy atom. The summed E-state index contributed by atoms with van der Waals surface area (Å²) < 4.78 is 5.06. The molecule has 6 heteroatoms. The number of amides is 2. The van der Waals surface area contributed by atoms with E-state index in [0.29, 0.717) is 17.0 Å². The van der Waals surface area contributed by atoms with Crippen molar-refractivity contribution >= 4 is 17.5 Å². The highest BCUT2D eigenvalue weighted by Gasteiger charge is 2.21. The number of carbonyl (C=O) groups is 2. The minimum Gasteiger partial charge on any atom is -0.497 e. The second-order valence-electron chi connectivity index (χ2n) is 4.49. The number of hydrogen-bond acceptors (Lipinski definition) is 4. The van der Waals surface area contributed by atoms with Gasteiger partial charge in [0.25, 0.3) is 5.91 Å². The van der Waals surface area contributed by atoms with Crippen LogP contribution in [0.15, 0.2) is 18.2 Å². The molecule has 0 saturated carbocycles. The number of rotatable bonds is 5. The van der Waals surface area contributed by atoms with Gasteiger partial charge in [-0.3, -0.25) is 9.59 Å². The van der Waals surface area contributed by atoms with Crippen LogP contribution in [-0.4, -0.2) is 36.4 Å². The van der Waals surface area contributed by atoms with E-state index in [1.54, 1.807) is 18.2 Å². The van der Waals surface area contributed by atoms with Crippen LogP contribution in [0.4, 0.5) is 5.69 Å². The second-order valence-corrected chi connectivity index (χ2v) is 4.49. The molecule has 0 aromatic heterocycles. The van der Waals surface area contributed by atoms with Crippen LogP contribution in [0.5, 0.6) is 5.75 Å². The fraction of sp³-hybridized carbons (Fsp3) is 0.385. The molecule has 1 aromatic carbocycles. The summed E-state index contributed by atoms with van der Waals surface area (Å²) >= 11 is 0. The van der Waals surface area contributed by atoms with Crippen LogP contribution in [0.1, 0.15) is 24.2 Å². The Morgan fingerprint density at radius 3 is 2.42 bits per heavy atom. The van der Waals surface area contributed by atoms with E-state index in [2.05, 4.69) is 0 Å². The zero-order valence-corrected chi connectivity index (χ0v) is 11.3. The summed E-state index contributed by atoms with van der Waals surface area (Å²) in [5, 5.41) is 0. The average molecular weight is 265 g/mol. The summed E-state index contributed by atoms with van der Waals surface area (Å²) in [6, 6.07) is 4.59. The molecule has 0 spiro atoms. The van der Waals surface area contributed by atoms with Crippen molar-refractivity contribution in [2.75, 3.05) is 19.4 Å². The van der Waals surface area contributed by atoms with Crippen LogP contribution in [-0.2, 0) is 4.79 Å². The monoisotopic (exact) mass is 265 g/mol. The van der Waals surface area contributed by atoms with Crippen molar-refractivity contribution in [3.05, 3.63) is 23.8 Å². The molecule has 0 aliphatic rings. The molecule has 19 heavy (non-hydrogen) atoms. The van der Waals surface area contributed by atoms with Crippen molar-refractivity contribution in [2.24, 2.45) is 5.73 Å². The Balaban J connectivity index is 3.08. The van der Waals surface area contributed by atoms with Gasteiger partial charge in [0.15, 0.2) is 0 Å². The molecule has 1 rings (SSSR count). The van der Waals surface area contributed by atoms with Gasteiger partial charge in [-0.1, -0.05) is 0 Å². The molecule has 2 amide bonds. The lowest BCUT2D eigenvalue weighted by Crippen LogP contribution is -2.42. The molecule has 0 heterocycles. The number of hydrogen-bond donors (Lipinski definition) is 2. The van der Waals surface area contributed by atoms with Gasteiger partial charge in [0.2, 0.25) is 5.91 Å². The number of ether oxygens (including phenoxy) is 1. The number of nitrogens with zero attached hydrogens (tertiary/aromatic N) is 1. The average Bonchev–Trinajstić information content (AvgIpc) is 2.33. The summed E-state index contributed by atoms with van der Waals surface area (Å²) in [4.78, 5) is 24.8. The topological polar surface area (TPSA) is 98.7 Å². The van der Waals surface area contributed by atoms with E-state index in [9.17, 15) is 9.59 Å². The Morgan fingerprint density at radius 1 is 1.32 bits per heavy atom. The summed E-state index contributed by atoms with van der Waals surface area (Å²) in [5.41, 5.74) is 11.6. The first-order valence-electron chi connectivity index (χ1n) is 5.89. The molecule has 4 N–H and O–H groups in total. The molecular weight excluding hydrogens is 246 g/mol. The van der Waals surface area contributed by atoms with Crippen LogP contribution >= 0.6 is 0 Å². The van der Waals surface area contributed by atoms with Crippen molar-refractivity contribution < 1.29 is 14.3 Å². The minimum absolute atomic E-state index is 0.131.